The van der Waals surface area contributed by atoms with Gasteiger partial charge in [-0.1, -0.05) is 66.7 Å². The van der Waals surface area contributed by atoms with Crippen LogP contribution in [0.2, 0.25) is 0 Å². The molecule has 1 heterocycles. The first-order chi connectivity index (χ1) is 15.4. The van der Waals surface area contributed by atoms with Crippen molar-refractivity contribution >= 4 is 17.2 Å². The molecule has 3 nitrogen and oxygen atoms in total. The summed E-state index contributed by atoms with van der Waals surface area (Å²) >= 11 is 0. The number of alkyl halides is 3. The van der Waals surface area contributed by atoms with E-state index in [0.29, 0.717) is 11.4 Å². The third kappa shape index (κ3) is 3.66. The molecule has 0 bridgehead atoms. The maximum absolute atomic E-state index is 13.9. The molecular formula is C26H21F3N2O. The van der Waals surface area contributed by atoms with Gasteiger partial charge in [0.25, 0.3) is 0 Å². The smallest absolute Gasteiger partial charge is 0.375 e. The largest absolute Gasteiger partial charge is 0.416 e. The highest BCUT2D eigenvalue weighted by atomic mass is 19.4. The molecule has 3 aromatic rings. The molecule has 0 saturated heterocycles. The normalized spacial score (nSPS) is 22.5. The van der Waals surface area contributed by atoms with Gasteiger partial charge in [0.05, 0.1) is 28.9 Å². The Kier molecular flexibility index (Phi) is 5.00. The number of fused-ring (bicyclic) bond motifs is 2. The van der Waals surface area contributed by atoms with E-state index in [-0.39, 0.29) is 23.7 Å². The first-order valence-corrected chi connectivity index (χ1v) is 10.5. The number of ketones is 1. The third-order valence-corrected chi connectivity index (χ3v) is 6.16. The van der Waals surface area contributed by atoms with Crippen molar-refractivity contribution in [1.82, 2.24) is 0 Å². The number of hydrogen-bond acceptors (Lipinski definition) is 3. The average Bonchev–Trinajstić information content (AvgIpc) is 2.96. The van der Waals surface area contributed by atoms with Gasteiger partial charge in [-0.05, 0) is 29.3 Å². The van der Waals surface area contributed by atoms with Crippen LogP contribution < -0.4 is 10.6 Å². The number of carbonyl (C=O) groups is 1. The fourth-order valence-electron chi connectivity index (χ4n) is 4.70. The van der Waals surface area contributed by atoms with Crippen molar-refractivity contribution in [2.75, 3.05) is 10.6 Å². The van der Waals surface area contributed by atoms with Gasteiger partial charge in [0, 0.05) is 18.0 Å². The van der Waals surface area contributed by atoms with Gasteiger partial charge >= 0.3 is 6.18 Å². The Morgan fingerprint density at radius 2 is 1.47 bits per heavy atom. The first kappa shape index (κ1) is 20.4. The fourth-order valence-corrected chi connectivity index (χ4v) is 4.70. The van der Waals surface area contributed by atoms with Gasteiger partial charge < -0.3 is 10.6 Å². The summed E-state index contributed by atoms with van der Waals surface area (Å²) in [6.45, 7) is 0. The van der Waals surface area contributed by atoms with Crippen molar-refractivity contribution in [3.63, 3.8) is 0 Å². The molecule has 2 aliphatic rings. The van der Waals surface area contributed by atoms with E-state index in [1.165, 1.54) is 12.1 Å². The molecule has 0 amide bonds. The summed E-state index contributed by atoms with van der Waals surface area (Å²) in [5.41, 5.74) is 2.38. The molecule has 1 aliphatic carbocycles. The quantitative estimate of drug-likeness (QED) is 0.481. The van der Waals surface area contributed by atoms with E-state index < -0.39 is 23.7 Å². The van der Waals surface area contributed by atoms with E-state index in [1.807, 2.05) is 60.7 Å². The Hall–Kier alpha value is -3.54. The number of allylic oxidation sites excluding steroid dienone is 1. The highest BCUT2D eigenvalue weighted by molar-refractivity contribution is 5.90. The van der Waals surface area contributed by atoms with Crippen molar-refractivity contribution in [2.45, 2.75) is 24.6 Å². The molecule has 2 N–H and O–H groups in total. The summed E-state index contributed by atoms with van der Waals surface area (Å²) in [6.07, 6.45) is -2.29. The predicted molar refractivity (Wildman–Crippen MR) is 118 cm³/mol. The van der Waals surface area contributed by atoms with Crippen molar-refractivity contribution in [1.29, 1.82) is 0 Å². The maximum atomic E-state index is 13.9. The zero-order valence-corrected chi connectivity index (χ0v) is 17.1. The topological polar surface area (TPSA) is 41.1 Å². The Balaban J connectivity index is 1.67. The second kappa shape index (κ2) is 7.86. The number of Topliss-reactive ketones (excluding diaryl/α,β-unsaturated/α-hetero) is 1. The van der Waals surface area contributed by atoms with E-state index in [4.69, 9.17) is 0 Å². The number of rotatable bonds is 2. The van der Waals surface area contributed by atoms with Crippen LogP contribution in [0.15, 0.2) is 90.6 Å². The summed E-state index contributed by atoms with van der Waals surface area (Å²) in [6, 6.07) is 21.7. The molecular weight excluding hydrogens is 413 g/mol. The van der Waals surface area contributed by atoms with Gasteiger partial charge in [0.2, 0.25) is 0 Å². The second-order valence-electron chi connectivity index (χ2n) is 8.16. The van der Waals surface area contributed by atoms with Crippen LogP contribution >= 0.6 is 0 Å². The van der Waals surface area contributed by atoms with Gasteiger partial charge in [0.1, 0.15) is 5.78 Å². The minimum Gasteiger partial charge on any atom is -0.375 e. The average molecular weight is 434 g/mol. The van der Waals surface area contributed by atoms with Crippen LogP contribution in [0.4, 0.5) is 24.5 Å². The zero-order valence-electron chi connectivity index (χ0n) is 17.1. The monoisotopic (exact) mass is 434 g/mol. The van der Waals surface area contributed by atoms with Crippen LogP contribution in [0.5, 0.6) is 0 Å². The summed E-state index contributed by atoms with van der Waals surface area (Å²) in [7, 11) is 0. The zero-order chi connectivity index (χ0) is 22.3. The molecule has 5 rings (SSSR count). The lowest BCUT2D eigenvalue weighted by atomic mass is 9.76. The minimum absolute atomic E-state index is 0.0703. The molecule has 0 aromatic heterocycles. The molecule has 3 aromatic carbocycles. The molecule has 0 fully saturated rings. The van der Waals surface area contributed by atoms with Gasteiger partial charge in [-0.3, -0.25) is 4.79 Å². The van der Waals surface area contributed by atoms with Gasteiger partial charge in [-0.25, -0.2) is 0 Å². The van der Waals surface area contributed by atoms with Crippen LogP contribution in [-0.4, -0.2) is 5.78 Å². The molecule has 0 saturated carbocycles. The lowest BCUT2D eigenvalue weighted by Gasteiger charge is -2.33. The Morgan fingerprint density at radius 3 is 2.22 bits per heavy atom. The van der Waals surface area contributed by atoms with Crippen molar-refractivity contribution in [3.05, 3.63) is 107 Å². The number of halogens is 3. The molecule has 32 heavy (non-hydrogen) atoms. The van der Waals surface area contributed by atoms with E-state index in [9.17, 15) is 18.0 Å². The minimum atomic E-state index is -4.52. The van der Waals surface area contributed by atoms with E-state index in [2.05, 4.69) is 10.6 Å². The number of nitrogens with one attached hydrogen (secondary N) is 2. The van der Waals surface area contributed by atoms with E-state index in [1.54, 1.807) is 6.07 Å². The van der Waals surface area contributed by atoms with Crippen LogP contribution in [0.3, 0.4) is 0 Å². The van der Waals surface area contributed by atoms with Crippen LogP contribution in [0.1, 0.15) is 35.1 Å². The Labute approximate surface area is 184 Å². The van der Waals surface area contributed by atoms with E-state index in [0.717, 1.165) is 17.3 Å². The Morgan fingerprint density at radius 1 is 0.812 bits per heavy atom. The van der Waals surface area contributed by atoms with Crippen molar-refractivity contribution in [3.8, 4) is 0 Å². The van der Waals surface area contributed by atoms with Crippen molar-refractivity contribution < 1.29 is 18.0 Å². The van der Waals surface area contributed by atoms with Gasteiger partial charge in [-0.15, -0.1) is 0 Å². The summed E-state index contributed by atoms with van der Waals surface area (Å²) < 4.78 is 41.6. The summed E-state index contributed by atoms with van der Waals surface area (Å²) in [5.74, 6) is -0.983. The van der Waals surface area contributed by atoms with Crippen LogP contribution in [0, 0.1) is 5.92 Å². The molecule has 0 spiro atoms. The SMILES string of the molecule is O=C1CC(c2ccccc2)C=C2Nc3ccccc3NC(c3ccccc3C(F)(F)F)C12. The number of benzene rings is 3. The number of para-hydroxylation sites is 2. The molecule has 3 atom stereocenters. The maximum Gasteiger partial charge on any atom is 0.416 e. The Bertz CT molecular complexity index is 1190. The summed E-state index contributed by atoms with van der Waals surface area (Å²) in [5, 5.41) is 6.59. The lowest BCUT2D eigenvalue weighted by Crippen LogP contribution is -2.34. The highest BCUT2D eigenvalue weighted by Crippen LogP contribution is 2.46. The van der Waals surface area contributed by atoms with Gasteiger partial charge in [0.15, 0.2) is 0 Å². The number of carbonyl (C=O) groups excluding carboxylic acids is 1. The third-order valence-electron chi connectivity index (χ3n) is 6.16. The highest BCUT2D eigenvalue weighted by Gasteiger charge is 2.43. The molecule has 6 heteroatoms. The number of hydrogen-bond donors (Lipinski definition) is 2. The molecule has 3 unspecified atom stereocenters. The number of anilines is 2. The molecule has 0 radical (unpaired) electrons. The standard InChI is InChI=1S/C26H21F3N2O/c27-26(28,29)19-11-5-4-10-18(19)25-24-22(30-20-12-6-7-13-21(20)31-25)14-17(15-23(24)32)16-8-2-1-3-9-16/h1-14,17,24-25,30-31H,15H2. The lowest BCUT2D eigenvalue weighted by molar-refractivity contribution is -0.138. The summed E-state index contributed by atoms with van der Waals surface area (Å²) in [4.78, 5) is 13.5. The van der Waals surface area contributed by atoms with E-state index >= 15 is 0 Å². The second-order valence-corrected chi connectivity index (χ2v) is 8.16. The molecule has 1 aliphatic heterocycles. The fraction of sp³-hybridized carbons (Fsp3) is 0.192. The van der Waals surface area contributed by atoms with Gasteiger partial charge in [-0.2, -0.15) is 13.2 Å². The van der Waals surface area contributed by atoms with Crippen molar-refractivity contribution in [2.24, 2.45) is 5.92 Å². The first-order valence-electron chi connectivity index (χ1n) is 10.5. The predicted octanol–water partition coefficient (Wildman–Crippen LogP) is 6.54. The van der Waals surface area contributed by atoms with Crippen LogP contribution in [-0.2, 0) is 11.0 Å². The van der Waals surface area contributed by atoms with Crippen LogP contribution in [0.25, 0.3) is 0 Å². The molecule has 162 valence electrons.